The first-order valence-corrected chi connectivity index (χ1v) is 9.32. The number of rotatable bonds is 5. The Labute approximate surface area is 157 Å². The smallest absolute Gasteiger partial charge is 0.266 e. The highest BCUT2D eigenvalue weighted by Gasteiger charge is 2.21. The maximum atomic E-state index is 11.8. The average Bonchev–Trinajstić information content (AvgIpc) is 3.16. The summed E-state index contributed by atoms with van der Waals surface area (Å²) in [6.07, 6.45) is 3.20. The van der Waals surface area contributed by atoms with Crippen LogP contribution in [0.2, 0.25) is 0 Å². The molecule has 1 aliphatic rings. The first-order valence-electron chi connectivity index (χ1n) is 9.32. The number of hydrogen-bond acceptors (Lipinski definition) is 7. The standard InChI is InChI=1S/C18H24N8O/c1-14(2)15-12-16(26-18(22-15)19-13-21-26)24-9-6-23(7-10-24)8-11-25-17(27)4-3-5-20-25/h3-5,12-14H,6-11H2,1-2H3. The molecule has 9 heteroatoms. The van der Waals surface area contributed by atoms with Gasteiger partial charge in [0.1, 0.15) is 12.1 Å². The highest BCUT2D eigenvalue weighted by Crippen LogP contribution is 2.22. The molecule has 4 rings (SSSR count). The van der Waals surface area contributed by atoms with Crippen molar-refractivity contribution in [1.82, 2.24) is 34.3 Å². The van der Waals surface area contributed by atoms with Crippen molar-refractivity contribution in [2.75, 3.05) is 37.6 Å². The molecule has 4 heterocycles. The molecule has 0 N–H and O–H groups in total. The van der Waals surface area contributed by atoms with E-state index < -0.39 is 0 Å². The Hall–Kier alpha value is -2.81. The largest absolute Gasteiger partial charge is 0.354 e. The molecule has 1 saturated heterocycles. The Morgan fingerprint density at radius 2 is 1.93 bits per heavy atom. The lowest BCUT2D eigenvalue weighted by molar-refractivity contribution is 0.242. The second-order valence-electron chi connectivity index (χ2n) is 7.08. The monoisotopic (exact) mass is 368 g/mol. The number of nitrogens with zero attached hydrogens (tertiary/aromatic N) is 8. The van der Waals surface area contributed by atoms with Gasteiger partial charge in [-0.25, -0.2) is 9.67 Å². The van der Waals surface area contributed by atoms with E-state index in [2.05, 4.69) is 49.9 Å². The molecule has 0 radical (unpaired) electrons. The van der Waals surface area contributed by atoms with Gasteiger partial charge >= 0.3 is 0 Å². The molecule has 0 aliphatic carbocycles. The zero-order valence-electron chi connectivity index (χ0n) is 15.7. The van der Waals surface area contributed by atoms with E-state index in [1.807, 2.05) is 4.52 Å². The van der Waals surface area contributed by atoms with Crippen molar-refractivity contribution in [3.05, 3.63) is 46.8 Å². The summed E-state index contributed by atoms with van der Waals surface area (Å²) < 4.78 is 3.33. The highest BCUT2D eigenvalue weighted by molar-refractivity contribution is 5.48. The van der Waals surface area contributed by atoms with E-state index in [1.54, 1.807) is 24.7 Å². The van der Waals surface area contributed by atoms with Crippen molar-refractivity contribution >= 4 is 11.6 Å². The van der Waals surface area contributed by atoms with Gasteiger partial charge in [0.15, 0.2) is 0 Å². The minimum absolute atomic E-state index is 0.0530. The van der Waals surface area contributed by atoms with Crippen LogP contribution in [0, 0.1) is 0 Å². The average molecular weight is 368 g/mol. The number of anilines is 1. The SMILES string of the molecule is CC(C)c1cc(N2CCN(CCn3ncccc3=O)CC2)n2ncnc2n1. The fourth-order valence-electron chi connectivity index (χ4n) is 3.33. The Balaban J connectivity index is 1.43. The number of aromatic nitrogens is 6. The van der Waals surface area contributed by atoms with Crippen molar-refractivity contribution in [1.29, 1.82) is 0 Å². The molecule has 1 aliphatic heterocycles. The molecule has 0 bridgehead atoms. The molecular formula is C18H24N8O. The summed E-state index contributed by atoms with van der Waals surface area (Å²) in [4.78, 5) is 25.3. The van der Waals surface area contributed by atoms with Crippen LogP contribution in [0.5, 0.6) is 0 Å². The zero-order chi connectivity index (χ0) is 18.8. The second-order valence-corrected chi connectivity index (χ2v) is 7.08. The Morgan fingerprint density at radius 1 is 1.11 bits per heavy atom. The number of hydrogen-bond donors (Lipinski definition) is 0. The van der Waals surface area contributed by atoms with Gasteiger partial charge in [-0.15, -0.1) is 0 Å². The molecule has 0 saturated carbocycles. The van der Waals surface area contributed by atoms with Crippen LogP contribution in [0.4, 0.5) is 5.82 Å². The van der Waals surface area contributed by atoms with Gasteiger partial charge in [-0.1, -0.05) is 13.8 Å². The van der Waals surface area contributed by atoms with E-state index >= 15 is 0 Å². The van der Waals surface area contributed by atoms with E-state index in [1.165, 1.54) is 4.68 Å². The van der Waals surface area contributed by atoms with Crippen LogP contribution in [0.15, 0.2) is 35.5 Å². The highest BCUT2D eigenvalue weighted by atomic mass is 16.1. The fourth-order valence-corrected chi connectivity index (χ4v) is 3.33. The molecule has 0 atom stereocenters. The topological polar surface area (TPSA) is 84.5 Å². The molecule has 0 spiro atoms. The third-order valence-corrected chi connectivity index (χ3v) is 4.95. The molecule has 0 unspecified atom stereocenters. The Bertz CT molecular complexity index is 971. The number of fused-ring (bicyclic) bond motifs is 1. The minimum Gasteiger partial charge on any atom is -0.354 e. The minimum atomic E-state index is -0.0530. The Kier molecular flexibility index (Phi) is 4.85. The van der Waals surface area contributed by atoms with Gasteiger partial charge in [-0.05, 0) is 12.0 Å². The van der Waals surface area contributed by atoms with Gasteiger partial charge in [0, 0.05) is 51.1 Å². The summed E-state index contributed by atoms with van der Waals surface area (Å²) in [7, 11) is 0. The molecule has 0 aromatic carbocycles. The third-order valence-electron chi connectivity index (χ3n) is 4.95. The van der Waals surface area contributed by atoms with Crippen LogP contribution in [0.1, 0.15) is 25.5 Å². The lowest BCUT2D eigenvalue weighted by atomic mass is 10.1. The van der Waals surface area contributed by atoms with Crippen LogP contribution in [0.25, 0.3) is 5.78 Å². The van der Waals surface area contributed by atoms with Crippen LogP contribution in [-0.4, -0.2) is 67.0 Å². The van der Waals surface area contributed by atoms with Crippen molar-refractivity contribution in [3.63, 3.8) is 0 Å². The van der Waals surface area contributed by atoms with Crippen molar-refractivity contribution in [2.45, 2.75) is 26.3 Å². The molecule has 0 amide bonds. The summed E-state index contributed by atoms with van der Waals surface area (Å²) in [5, 5.41) is 8.46. The molecule has 142 valence electrons. The summed E-state index contributed by atoms with van der Waals surface area (Å²) in [6.45, 7) is 9.35. The van der Waals surface area contributed by atoms with E-state index in [9.17, 15) is 4.79 Å². The fraction of sp³-hybridized carbons (Fsp3) is 0.500. The van der Waals surface area contributed by atoms with E-state index in [0.717, 1.165) is 44.2 Å². The molecule has 3 aromatic rings. The number of piperazine rings is 1. The molecular weight excluding hydrogens is 344 g/mol. The molecule has 1 fully saturated rings. The van der Waals surface area contributed by atoms with Crippen molar-refractivity contribution in [2.24, 2.45) is 0 Å². The van der Waals surface area contributed by atoms with Crippen LogP contribution in [0.3, 0.4) is 0 Å². The Morgan fingerprint density at radius 3 is 2.67 bits per heavy atom. The summed E-state index contributed by atoms with van der Waals surface area (Å²) in [6, 6.07) is 5.34. The van der Waals surface area contributed by atoms with Crippen molar-refractivity contribution in [3.8, 4) is 0 Å². The predicted molar refractivity (Wildman–Crippen MR) is 102 cm³/mol. The normalized spacial score (nSPS) is 15.7. The molecule has 3 aromatic heterocycles. The maximum absolute atomic E-state index is 11.8. The van der Waals surface area contributed by atoms with Gasteiger partial charge in [-0.2, -0.15) is 19.7 Å². The first kappa shape index (κ1) is 17.6. The maximum Gasteiger partial charge on any atom is 0.266 e. The van der Waals surface area contributed by atoms with Gasteiger partial charge in [0.25, 0.3) is 11.3 Å². The van der Waals surface area contributed by atoms with Gasteiger partial charge in [0.05, 0.1) is 12.2 Å². The van der Waals surface area contributed by atoms with Gasteiger partial charge in [-0.3, -0.25) is 9.69 Å². The zero-order valence-corrected chi connectivity index (χ0v) is 15.7. The lowest BCUT2D eigenvalue weighted by Gasteiger charge is -2.36. The predicted octanol–water partition coefficient (Wildman–Crippen LogP) is 0.627. The molecule has 27 heavy (non-hydrogen) atoms. The first-order chi connectivity index (χ1) is 13.1. The quantitative estimate of drug-likeness (QED) is 0.653. The van der Waals surface area contributed by atoms with Crippen LogP contribution < -0.4 is 10.5 Å². The van der Waals surface area contributed by atoms with Gasteiger partial charge in [0.2, 0.25) is 0 Å². The van der Waals surface area contributed by atoms with Crippen LogP contribution in [-0.2, 0) is 6.54 Å². The van der Waals surface area contributed by atoms with E-state index in [4.69, 9.17) is 0 Å². The third kappa shape index (κ3) is 3.68. The summed E-state index contributed by atoms with van der Waals surface area (Å²) in [5.74, 6) is 2.03. The molecule has 9 nitrogen and oxygen atoms in total. The van der Waals surface area contributed by atoms with Gasteiger partial charge < -0.3 is 4.90 Å². The summed E-state index contributed by atoms with van der Waals surface area (Å²) in [5.41, 5.74) is 0.977. The second kappa shape index (κ2) is 7.43. The lowest BCUT2D eigenvalue weighted by Crippen LogP contribution is -2.48. The summed E-state index contributed by atoms with van der Waals surface area (Å²) >= 11 is 0. The van der Waals surface area contributed by atoms with E-state index in [-0.39, 0.29) is 5.56 Å². The van der Waals surface area contributed by atoms with Crippen molar-refractivity contribution < 1.29 is 0 Å². The van der Waals surface area contributed by atoms with E-state index in [0.29, 0.717) is 18.2 Å². The van der Waals surface area contributed by atoms with Crippen LogP contribution >= 0.6 is 0 Å².